The molecule has 0 amide bonds. The molecule has 1 aliphatic carbocycles. The van der Waals surface area contributed by atoms with Crippen LogP contribution in [-0.4, -0.2) is 71.1 Å². The van der Waals surface area contributed by atoms with Crippen molar-refractivity contribution in [2.75, 3.05) is 44.2 Å². The van der Waals surface area contributed by atoms with Gasteiger partial charge in [-0.2, -0.15) is 9.97 Å². The third kappa shape index (κ3) is 4.75. The number of β-amino-alcohol motifs (C(OH)–C–C–N with tert-alkyl or cyclic N) is 1. The van der Waals surface area contributed by atoms with Gasteiger partial charge in [0.15, 0.2) is 5.82 Å². The number of aliphatic hydroxyl groups is 1. The smallest absolute Gasteiger partial charge is 0.319 e. The topological polar surface area (TPSA) is 61.7 Å². The van der Waals surface area contributed by atoms with Crippen LogP contribution in [0.3, 0.4) is 0 Å². The van der Waals surface area contributed by atoms with Crippen LogP contribution in [0.25, 0.3) is 10.9 Å². The van der Waals surface area contributed by atoms with Crippen molar-refractivity contribution in [3.8, 4) is 6.01 Å². The molecular weight excluding hydrogens is 433 g/mol. The summed E-state index contributed by atoms with van der Waals surface area (Å²) in [6.07, 6.45) is 3.00. The molecule has 4 atom stereocenters. The number of piperidine rings is 1. The molecule has 0 spiro atoms. The Morgan fingerprint density at radius 2 is 2.06 bits per heavy atom. The first-order chi connectivity index (χ1) is 15.6. The summed E-state index contributed by atoms with van der Waals surface area (Å²) in [5.74, 6) is -0.463. The van der Waals surface area contributed by atoms with Crippen molar-refractivity contribution in [2.24, 2.45) is 11.3 Å². The van der Waals surface area contributed by atoms with Crippen molar-refractivity contribution in [3.05, 3.63) is 23.8 Å². The molecule has 3 heterocycles. The highest BCUT2D eigenvalue weighted by Gasteiger charge is 2.42. The predicted molar refractivity (Wildman–Crippen MR) is 119 cm³/mol. The minimum absolute atomic E-state index is 0.000990. The fourth-order valence-corrected chi connectivity index (χ4v) is 5.85. The van der Waals surface area contributed by atoms with Crippen molar-refractivity contribution in [1.29, 1.82) is 0 Å². The molecule has 1 aromatic carbocycles. The van der Waals surface area contributed by atoms with Gasteiger partial charge in [-0.15, -0.1) is 0 Å². The second kappa shape index (κ2) is 8.27. The van der Waals surface area contributed by atoms with Crippen LogP contribution in [-0.2, 0) is 0 Å². The molecular formula is C24H31F3N4O2. The zero-order valence-corrected chi connectivity index (χ0v) is 19.2. The number of hydrogen-bond acceptors (Lipinski definition) is 6. The number of rotatable bonds is 6. The molecule has 1 saturated carbocycles. The van der Waals surface area contributed by atoms with Crippen LogP contribution in [0.5, 0.6) is 6.01 Å². The second-order valence-electron chi connectivity index (χ2n) is 10.8. The van der Waals surface area contributed by atoms with Gasteiger partial charge in [0.25, 0.3) is 0 Å². The molecule has 1 unspecified atom stereocenters. The zero-order chi connectivity index (χ0) is 23.4. The Morgan fingerprint density at radius 3 is 2.79 bits per heavy atom. The molecule has 33 heavy (non-hydrogen) atoms. The predicted octanol–water partition coefficient (Wildman–Crippen LogP) is 3.71. The van der Waals surface area contributed by atoms with Gasteiger partial charge in [-0.05, 0) is 50.0 Å². The van der Waals surface area contributed by atoms with Gasteiger partial charge in [-0.25, -0.2) is 13.2 Å². The number of aromatic nitrogens is 2. The summed E-state index contributed by atoms with van der Waals surface area (Å²) in [5.41, 5.74) is -1.11. The zero-order valence-electron chi connectivity index (χ0n) is 19.2. The van der Waals surface area contributed by atoms with E-state index in [9.17, 15) is 18.3 Å². The summed E-state index contributed by atoms with van der Waals surface area (Å²) in [4.78, 5) is 12.7. The lowest BCUT2D eigenvalue weighted by atomic mass is 9.84. The van der Waals surface area contributed by atoms with Gasteiger partial charge in [0.05, 0.1) is 0 Å². The summed E-state index contributed by atoms with van der Waals surface area (Å²) in [5, 5.41) is 11.1. The number of hydrogen-bond donors (Lipinski definition) is 1. The Morgan fingerprint density at radius 1 is 1.24 bits per heavy atom. The van der Waals surface area contributed by atoms with E-state index >= 15 is 0 Å². The fourth-order valence-electron chi connectivity index (χ4n) is 5.85. The Labute approximate surface area is 191 Å². The lowest BCUT2D eigenvalue weighted by Crippen LogP contribution is -2.44. The second-order valence-corrected chi connectivity index (χ2v) is 10.8. The first-order valence-corrected chi connectivity index (χ1v) is 11.7. The van der Waals surface area contributed by atoms with E-state index in [0.29, 0.717) is 36.6 Å². The highest BCUT2D eigenvalue weighted by atomic mass is 19.1. The van der Waals surface area contributed by atoms with Crippen LogP contribution in [0.2, 0.25) is 0 Å². The van der Waals surface area contributed by atoms with Crippen molar-refractivity contribution in [3.63, 3.8) is 0 Å². The van der Waals surface area contributed by atoms with E-state index in [1.807, 2.05) is 4.90 Å². The van der Waals surface area contributed by atoms with Gasteiger partial charge >= 0.3 is 6.01 Å². The Hall–Kier alpha value is -2.13. The van der Waals surface area contributed by atoms with Crippen LogP contribution >= 0.6 is 0 Å². The highest BCUT2D eigenvalue weighted by molar-refractivity contribution is 5.90. The van der Waals surface area contributed by atoms with E-state index in [1.54, 1.807) is 6.92 Å². The van der Waals surface area contributed by atoms with Gasteiger partial charge in [0, 0.05) is 44.2 Å². The SMILES string of the molecule is CC(O)(COc1nc(N2C[C@@H]3CC[C@@](C)(C3)C2)c2cc(F)cc(F)c2n1)CN1CC[C@H](F)C1. The third-order valence-electron chi connectivity index (χ3n) is 7.26. The lowest BCUT2D eigenvalue weighted by Gasteiger charge is -2.39. The average Bonchev–Trinajstić information content (AvgIpc) is 3.26. The van der Waals surface area contributed by atoms with Crippen LogP contribution < -0.4 is 9.64 Å². The standard InChI is InChI=1S/C24H31F3N4O2/c1-23-5-3-15(9-23)10-31(12-23)21-18-7-17(26)8-19(27)20(18)28-22(29-21)33-14-24(2,32)13-30-6-4-16(25)11-30/h7-8,15-16,32H,3-6,9-14H2,1-2H3/t15-,16+,23+,24?/m1/s1. The summed E-state index contributed by atoms with van der Waals surface area (Å²) in [6.45, 7) is 6.38. The number of benzene rings is 1. The maximum atomic E-state index is 14.7. The van der Waals surface area contributed by atoms with Crippen molar-refractivity contribution in [2.45, 2.75) is 51.3 Å². The maximum absolute atomic E-state index is 14.7. The summed E-state index contributed by atoms with van der Waals surface area (Å²) < 4.78 is 48.0. The van der Waals surface area contributed by atoms with Crippen molar-refractivity contribution < 1.29 is 23.0 Å². The van der Waals surface area contributed by atoms with Gasteiger partial charge in [0.1, 0.15) is 35.5 Å². The number of likely N-dealkylation sites (tertiary alicyclic amines) is 1. The van der Waals surface area contributed by atoms with Crippen molar-refractivity contribution >= 4 is 16.7 Å². The summed E-state index contributed by atoms with van der Waals surface area (Å²) >= 11 is 0. The quantitative estimate of drug-likeness (QED) is 0.704. The number of fused-ring (bicyclic) bond motifs is 3. The molecule has 6 nitrogen and oxygen atoms in total. The van der Waals surface area contributed by atoms with E-state index in [-0.39, 0.29) is 30.1 Å². The maximum Gasteiger partial charge on any atom is 0.319 e. The van der Waals surface area contributed by atoms with Gasteiger partial charge in [0.2, 0.25) is 0 Å². The third-order valence-corrected chi connectivity index (χ3v) is 7.26. The van der Waals surface area contributed by atoms with E-state index in [1.165, 1.54) is 6.07 Å². The number of alkyl halides is 1. The van der Waals surface area contributed by atoms with Crippen LogP contribution in [0.4, 0.5) is 19.0 Å². The number of halogens is 3. The van der Waals surface area contributed by atoms with E-state index in [4.69, 9.17) is 4.74 Å². The fraction of sp³-hybridized carbons (Fsp3) is 0.667. The Bertz CT molecular complexity index is 1050. The molecule has 1 aromatic heterocycles. The Kier molecular flexibility index (Phi) is 5.68. The molecule has 1 N–H and O–H groups in total. The molecule has 5 rings (SSSR count). The van der Waals surface area contributed by atoms with E-state index in [2.05, 4.69) is 21.8 Å². The first-order valence-electron chi connectivity index (χ1n) is 11.7. The molecule has 9 heteroatoms. The first kappa shape index (κ1) is 22.7. The van der Waals surface area contributed by atoms with E-state index < -0.39 is 23.4 Å². The molecule has 2 bridgehead atoms. The summed E-state index contributed by atoms with van der Waals surface area (Å²) in [7, 11) is 0. The number of nitrogens with zero attached hydrogens (tertiary/aromatic N) is 4. The molecule has 3 fully saturated rings. The van der Waals surface area contributed by atoms with Crippen LogP contribution in [0, 0.1) is 23.0 Å². The molecule has 180 valence electrons. The highest BCUT2D eigenvalue weighted by Crippen LogP contribution is 2.47. The minimum atomic E-state index is -1.26. The van der Waals surface area contributed by atoms with Crippen molar-refractivity contribution in [1.82, 2.24) is 14.9 Å². The summed E-state index contributed by atoms with van der Waals surface area (Å²) in [6, 6.07) is 2.02. The largest absolute Gasteiger partial charge is 0.460 e. The lowest BCUT2D eigenvalue weighted by molar-refractivity contribution is -0.0160. The Balaban J connectivity index is 1.42. The van der Waals surface area contributed by atoms with Crippen LogP contribution in [0.15, 0.2) is 12.1 Å². The van der Waals surface area contributed by atoms with Gasteiger partial charge in [-0.1, -0.05) is 6.92 Å². The number of anilines is 1. The molecule has 2 aromatic rings. The van der Waals surface area contributed by atoms with Gasteiger partial charge < -0.3 is 14.7 Å². The monoisotopic (exact) mass is 464 g/mol. The van der Waals surface area contributed by atoms with E-state index in [0.717, 1.165) is 38.4 Å². The minimum Gasteiger partial charge on any atom is -0.460 e. The normalized spacial score (nSPS) is 29.6. The molecule has 0 radical (unpaired) electrons. The number of ether oxygens (including phenoxy) is 1. The molecule has 3 aliphatic rings. The van der Waals surface area contributed by atoms with Crippen LogP contribution in [0.1, 0.15) is 39.5 Å². The average molecular weight is 465 g/mol. The van der Waals surface area contributed by atoms with Gasteiger partial charge in [-0.3, -0.25) is 4.90 Å². The molecule has 2 aliphatic heterocycles. The molecule has 2 saturated heterocycles.